The largest absolute Gasteiger partial charge is 0.467 e. The Morgan fingerprint density at radius 2 is 2.44 bits per heavy atom. The zero-order chi connectivity index (χ0) is 11.2. The van der Waals surface area contributed by atoms with Crippen molar-refractivity contribution in [2.24, 2.45) is 5.92 Å². The maximum atomic E-state index is 11.4. The highest BCUT2D eigenvalue weighted by Gasteiger charge is 2.15. The van der Waals surface area contributed by atoms with E-state index in [2.05, 4.69) is 10.6 Å². The van der Waals surface area contributed by atoms with Crippen LogP contribution in [-0.2, 0) is 11.3 Å². The number of urea groups is 1. The van der Waals surface area contributed by atoms with Crippen LogP contribution in [0, 0.1) is 5.92 Å². The summed E-state index contributed by atoms with van der Waals surface area (Å²) in [6.07, 6.45) is 2.61. The summed E-state index contributed by atoms with van der Waals surface area (Å²) < 4.78 is 10.3. The fourth-order valence-electron chi connectivity index (χ4n) is 1.62. The molecule has 2 heterocycles. The van der Waals surface area contributed by atoms with Gasteiger partial charge in [-0.3, -0.25) is 0 Å². The van der Waals surface area contributed by atoms with Gasteiger partial charge in [-0.05, 0) is 18.6 Å². The molecular weight excluding hydrogens is 208 g/mol. The molecule has 0 aromatic carbocycles. The number of hydrogen-bond acceptors (Lipinski definition) is 3. The first-order valence-corrected chi connectivity index (χ1v) is 5.46. The lowest BCUT2D eigenvalue weighted by molar-refractivity contribution is 0.185. The molecule has 5 nitrogen and oxygen atoms in total. The van der Waals surface area contributed by atoms with Crippen LogP contribution in [-0.4, -0.2) is 25.8 Å². The summed E-state index contributed by atoms with van der Waals surface area (Å²) in [7, 11) is 0. The molecule has 1 aliphatic heterocycles. The minimum atomic E-state index is -0.164. The highest BCUT2D eigenvalue weighted by atomic mass is 16.5. The lowest BCUT2D eigenvalue weighted by Crippen LogP contribution is -2.37. The van der Waals surface area contributed by atoms with E-state index in [9.17, 15) is 4.79 Å². The van der Waals surface area contributed by atoms with Crippen molar-refractivity contribution in [2.45, 2.75) is 13.0 Å². The highest BCUT2D eigenvalue weighted by Crippen LogP contribution is 2.10. The smallest absolute Gasteiger partial charge is 0.315 e. The van der Waals surface area contributed by atoms with Gasteiger partial charge in [0.2, 0.25) is 0 Å². The molecule has 0 unspecified atom stereocenters. The molecule has 0 aliphatic carbocycles. The maximum Gasteiger partial charge on any atom is 0.315 e. The summed E-state index contributed by atoms with van der Waals surface area (Å²) in [5, 5.41) is 5.54. The number of furan rings is 1. The van der Waals surface area contributed by atoms with Gasteiger partial charge in [0, 0.05) is 19.1 Å². The summed E-state index contributed by atoms with van der Waals surface area (Å²) in [6.45, 7) is 2.64. The van der Waals surface area contributed by atoms with Gasteiger partial charge in [0.1, 0.15) is 5.76 Å². The van der Waals surface area contributed by atoms with Crippen LogP contribution < -0.4 is 10.6 Å². The van der Waals surface area contributed by atoms with Gasteiger partial charge in [0.25, 0.3) is 0 Å². The van der Waals surface area contributed by atoms with Crippen LogP contribution in [0.3, 0.4) is 0 Å². The van der Waals surface area contributed by atoms with E-state index >= 15 is 0 Å². The van der Waals surface area contributed by atoms with Crippen molar-refractivity contribution in [1.82, 2.24) is 10.6 Å². The first-order valence-electron chi connectivity index (χ1n) is 5.46. The third-order valence-corrected chi connectivity index (χ3v) is 2.58. The Labute approximate surface area is 94.1 Å². The predicted octanol–water partition coefficient (Wildman–Crippen LogP) is 1.12. The molecule has 2 amide bonds. The number of carbonyl (C=O) groups is 1. The molecule has 1 saturated heterocycles. The molecule has 2 rings (SSSR count). The molecule has 0 radical (unpaired) electrons. The van der Waals surface area contributed by atoms with E-state index in [1.165, 1.54) is 0 Å². The number of nitrogens with one attached hydrogen (secondary N) is 2. The van der Waals surface area contributed by atoms with Crippen molar-refractivity contribution in [3.63, 3.8) is 0 Å². The Hall–Kier alpha value is -1.49. The quantitative estimate of drug-likeness (QED) is 0.805. The van der Waals surface area contributed by atoms with Gasteiger partial charge in [-0.1, -0.05) is 0 Å². The van der Waals surface area contributed by atoms with Gasteiger partial charge in [-0.2, -0.15) is 0 Å². The Balaban J connectivity index is 1.60. The maximum absolute atomic E-state index is 11.4. The lowest BCUT2D eigenvalue weighted by Gasteiger charge is -2.09. The van der Waals surface area contributed by atoms with Gasteiger partial charge in [-0.15, -0.1) is 0 Å². The molecule has 88 valence electrons. The molecule has 0 saturated carbocycles. The molecule has 1 aromatic heterocycles. The Bertz CT molecular complexity index is 318. The first kappa shape index (κ1) is 11.0. The van der Waals surface area contributed by atoms with E-state index in [0.717, 1.165) is 25.4 Å². The van der Waals surface area contributed by atoms with E-state index < -0.39 is 0 Å². The van der Waals surface area contributed by atoms with Crippen molar-refractivity contribution in [2.75, 3.05) is 19.8 Å². The van der Waals surface area contributed by atoms with Gasteiger partial charge in [-0.25, -0.2) is 4.79 Å². The zero-order valence-corrected chi connectivity index (χ0v) is 9.07. The zero-order valence-electron chi connectivity index (χ0n) is 9.07. The normalized spacial score (nSPS) is 19.6. The van der Waals surface area contributed by atoms with Crippen LogP contribution in [0.25, 0.3) is 0 Å². The SMILES string of the molecule is O=C(NCc1ccco1)NC[C@H]1CCOC1. The molecule has 2 N–H and O–H groups in total. The number of rotatable bonds is 4. The minimum absolute atomic E-state index is 0.164. The molecule has 0 spiro atoms. The fourth-order valence-corrected chi connectivity index (χ4v) is 1.62. The van der Waals surface area contributed by atoms with Gasteiger partial charge < -0.3 is 19.8 Å². The third-order valence-electron chi connectivity index (χ3n) is 2.58. The van der Waals surface area contributed by atoms with E-state index in [1.54, 1.807) is 12.3 Å². The Morgan fingerprint density at radius 1 is 1.50 bits per heavy atom. The number of hydrogen-bond donors (Lipinski definition) is 2. The number of ether oxygens (including phenoxy) is 1. The van der Waals surface area contributed by atoms with Gasteiger partial charge in [0.15, 0.2) is 0 Å². The molecule has 5 heteroatoms. The summed E-state index contributed by atoms with van der Waals surface area (Å²) in [5.74, 6) is 1.20. The predicted molar refractivity (Wildman–Crippen MR) is 57.9 cm³/mol. The molecule has 0 bridgehead atoms. The van der Waals surface area contributed by atoms with Crippen LogP contribution in [0.4, 0.5) is 4.79 Å². The fraction of sp³-hybridized carbons (Fsp3) is 0.545. The minimum Gasteiger partial charge on any atom is -0.467 e. The van der Waals surface area contributed by atoms with Crippen LogP contribution in [0.5, 0.6) is 0 Å². The van der Waals surface area contributed by atoms with Crippen molar-refractivity contribution in [3.8, 4) is 0 Å². The van der Waals surface area contributed by atoms with Crippen LogP contribution >= 0.6 is 0 Å². The molecular formula is C11H16N2O3. The monoisotopic (exact) mass is 224 g/mol. The summed E-state index contributed by atoms with van der Waals surface area (Å²) >= 11 is 0. The highest BCUT2D eigenvalue weighted by molar-refractivity contribution is 5.73. The van der Waals surface area contributed by atoms with Crippen molar-refractivity contribution in [3.05, 3.63) is 24.2 Å². The second-order valence-corrected chi connectivity index (χ2v) is 3.87. The average Bonchev–Trinajstić information content (AvgIpc) is 2.96. The molecule has 16 heavy (non-hydrogen) atoms. The van der Waals surface area contributed by atoms with E-state index in [0.29, 0.717) is 19.0 Å². The van der Waals surface area contributed by atoms with Crippen LogP contribution in [0.15, 0.2) is 22.8 Å². The number of carbonyl (C=O) groups excluding carboxylic acids is 1. The molecule has 1 aliphatic rings. The van der Waals surface area contributed by atoms with Crippen LogP contribution in [0.1, 0.15) is 12.2 Å². The first-order chi connectivity index (χ1) is 7.84. The number of amides is 2. The topological polar surface area (TPSA) is 63.5 Å². The van der Waals surface area contributed by atoms with Gasteiger partial charge in [0.05, 0.1) is 19.4 Å². The summed E-state index contributed by atoms with van der Waals surface area (Å²) in [6, 6.07) is 3.46. The molecule has 1 atom stereocenters. The van der Waals surface area contributed by atoms with E-state index in [-0.39, 0.29) is 6.03 Å². The van der Waals surface area contributed by atoms with Crippen molar-refractivity contribution >= 4 is 6.03 Å². The van der Waals surface area contributed by atoms with Gasteiger partial charge >= 0.3 is 6.03 Å². The molecule has 1 aromatic rings. The molecule has 1 fully saturated rings. The van der Waals surface area contributed by atoms with Crippen molar-refractivity contribution in [1.29, 1.82) is 0 Å². The average molecular weight is 224 g/mol. The van der Waals surface area contributed by atoms with Crippen molar-refractivity contribution < 1.29 is 13.9 Å². The third kappa shape index (κ3) is 3.27. The standard InChI is InChI=1S/C11H16N2O3/c14-11(12-6-9-3-5-15-8-9)13-7-10-2-1-4-16-10/h1-2,4,9H,3,5-8H2,(H2,12,13,14)/t9-/m1/s1. The van der Waals surface area contributed by atoms with E-state index in [1.807, 2.05) is 6.07 Å². The second kappa shape index (κ2) is 5.55. The van der Waals surface area contributed by atoms with E-state index in [4.69, 9.17) is 9.15 Å². The van der Waals surface area contributed by atoms with Crippen LogP contribution in [0.2, 0.25) is 0 Å². The Morgan fingerprint density at radius 3 is 3.12 bits per heavy atom. The summed E-state index contributed by atoms with van der Waals surface area (Å²) in [4.78, 5) is 11.4. The Kier molecular flexibility index (Phi) is 3.82. The second-order valence-electron chi connectivity index (χ2n) is 3.87. The summed E-state index contributed by atoms with van der Waals surface area (Å²) in [5.41, 5.74) is 0. The lowest BCUT2D eigenvalue weighted by atomic mass is 10.1.